The van der Waals surface area contributed by atoms with Crippen LogP contribution in [0.3, 0.4) is 0 Å². The summed E-state index contributed by atoms with van der Waals surface area (Å²) in [5.41, 5.74) is 1.90. The number of aryl methyl sites for hydroxylation is 2. The maximum absolute atomic E-state index is 12.1. The van der Waals surface area contributed by atoms with Crippen LogP contribution in [0.1, 0.15) is 18.3 Å². The lowest BCUT2D eigenvalue weighted by molar-refractivity contribution is -0.115. The average Bonchev–Trinajstić information content (AvgIpc) is 2.78. The molecule has 0 saturated carbocycles. The van der Waals surface area contributed by atoms with Gasteiger partial charge in [-0.2, -0.15) is 0 Å². The summed E-state index contributed by atoms with van der Waals surface area (Å²) >= 11 is 4.76. The second-order valence-electron chi connectivity index (χ2n) is 4.44. The van der Waals surface area contributed by atoms with Crippen LogP contribution in [0.2, 0.25) is 0 Å². The van der Waals surface area contributed by atoms with Crippen LogP contribution in [0.25, 0.3) is 0 Å². The van der Waals surface area contributed by atoms with E-state index in [1.54, 1.807) is 0 Å². The topological polar surface area (TPSA) is 70.7 Å². The third-order valence-corrected chi connectivity index (χ3v) is 4.23. The lowest BCUT2D eigenvalue weighted by Crippen LogP contribution is -2.22. The summed E-state index contributed by atoms with van der Waals surface area (Å²) in [6.07, 6.45) is 0. The molecule has 0 radical (unpaired) electrons. The van der Waals surface area contributed by atoms with Crippen LogP contribution >= 0.6 is 27.7 Å². The molecule has 1 atom stereocenters. The first kappa shape index (κ1) is 15.1. The number of thioether (sulfide) groups is 1. The Hall–Kier alpha value is -1.34. The van der Waals surface area contributed by atoms with Crippen molar-refractivity contribution >= 4 is 39.3 Å². The third kappa shape index (κ3) is 3.83. The quantitative estimate of drug-likeness (QED) is 0.826. The number of aromatic nitrogens is 3. The van der Waals surface area contributed by atoms with Gasteiger partial charge in [0.25, 0.3) is 0 Å². The number of H-pyrrole nitrogens is 1. The van der Waals surface area contributed by atoms with E-state index in [2.05, 4.69) is 36.4 Å². The summed E-state index contributed by atoms with van der Waals surface area (Å²) in [6.45, 7) is 5.65. The number of benzene rings is 1. The molecule has 0 aliphatic rings. The Balaban J connectivity index is 2.00. The molecule has 0 saturated heterocycles. The normalized spacial score (nSPS) is 12.2. The van der Waals surface area contributed by atoms with E-state index in [0.717, 1.165) is 21.5 Å². The van der Waals surface area contributed by atoms with Crippen LogP contribution in [0.15, 0.2) is 27.8 Å². The van der Waals surface area contributed by atoms with Gasteiger partial charge >= 0.3 is 0 Å². The van der Waals surface area contributed by atoms with E-state index in [1.807, 2.05) is 39.0 Å². The van der Waals surface area contributed by atoms with Crippen molar-refractivity contribution in [2.75, 3.05) is 5.32 Å². The van der Waals surface area contributed by atoms with Crippen molar-refractivity contribution in [1.82, 2.24) is 15.2 Å². The molecular formula is C13H15BrN4OS. The van der Waals surface area contributed by atoms with E-state index in [4.69, 9.17) is 0 Å². The first-order chi connectivity index (χ1) is 9.45. The summed E-state index contributed by atoms with van der Waals surface area (Å²) in [7, 11) is 0. The number of amides is 1. The fraction of sp³-hybridized carbons (Fsp3) is 0.308. The van der Waals surface area contributed by atoms with Crippen molar-refractivity contribution in [3.05, 3.63) is 34.1 Å². The Labute approximate surface area is 130 Å². The Bertz CT molecular complexity index is 629. The highest BCUT2D eigenvalue weighted by Gasteiger charge is 2.17. The molecule has 7 heteroatoms. The van der Waals surface area contributed by atoms with Crippen molar-refractivity contribution in [2.45, 2.75) is 31.2 Å². The summed E-state index contributed by atoms with van der Waals surface area (Å²) in [4.78, 5) is 16.3. The van der Waals surface area contributed by atoms with Crippen molar-refractivity contribution < 1.29 is 4.79 Å². The molecule has 1 aromatic heterocycles. The molecule has 0 spiro atoms. The largest absolute Gasteiger partial charge is 0.324 e. The first-order valence-corrected chi connectivity index (χ1v) is 7.75. The van der Waals surface area contributed by atoms with Crippen molar-refractivity contribution in [3.63, 3.8) is 0 Å². The summed E-state index contributed by atoms with van der Waals surface area (Å²) in [5, 5.41) is 9.96. The van der Waals surface area contributed by atoms with Crippen LogP contribution in [-0.4, -0.2) is 26.3 Å². The van der Waals surface area contributed by atoms with E-state index in [9.17, 15) is 4.79 Å². The molecule has 2 rings (SSSR count). The summed E-state index contributed by atoms with van der Waals surface area (Å²) < 4.78 is 0.872. The highest BCUT2D eigenvalue weighted by molar-refractivity contribution is 9.10. The lowest BCUT2D eigenvalue weighted by Gasteiger charge is -2.11. The summed E-state index contributed by atoms with van der Waals surface area (Å²) in [6, 6.07) is 5.80. The second-order valence-corrected chi connectivity index (χ2v) is 6.60. The number of carbonyl (C=O) groups is 1. The Morgan fingerprint density at radius 3 is 2.80 bits per heavy atom. The van der Waals surface area contributed by atoms with E-state index in [-0.39, 0.29) is 11.2 Å². The van der Waals surface area contributed by atoms with Gasteiger partial charge in [-0.05, 0) is 54.4 Å². The number of rotatable bonds is 4. The molecule has 2 N–H and O–H groups in total. The van der Waals surface area contributed by atoms with Gasteiger partial charge in [0.1, 0.15) is 5.82 Å². The maximum atomic E-state index is 12.1. The monoisotopic (exact) mass is 354 g/mol. The molecule has 1 heterocycles. The number of hydrogen-bond acceptors (Lipinski definition) is 4. The fourth-order valence-electron chi connectivity index (χ4n) is 1.54. The van der Waals surface area contributed by atoms with Crippen LogP contribution in [0.4, 0.5) is 5.69 Å². The molecule has 1 unspecified atom stereocenters. The van der Waals surface area contributed by atoms with Crippen LogP contribution in [0, 0.1) is 13.8 Å². The van der Waals surface area contributed by atoms with Gasteiger partial charge in [-0.15, -0.1) is 5.10 Å². The number of aromatic amines is 1. The van der Waals surface area contributed by atoms with Crippen LogP contribution < -0.4 is 5.32 Å². The zero-order valence-corrected chi connectivity index (χ0v) is 13.8. The second kappa shape index (κ2) is 6.41. The predicted molar refractivity (Wildman–Crippen MR) is 83.9 cm³/mol. The first-order valence-electron chi connectivity index (χ1n) is 6.08. The van der Waals surface area contributed by atoms with Gasteiger partial charge in [-0.1, -0.05) is 17.8 Å². The smallest absolute Gasteiger partial charge is 0.237 e. The minimum absolute atomic E-state index is 0.0815. The minimum atomic E-state index is -0.279. The highest BCUT2D eigenvalue weighted by atomic mass is 79.9. The molecular weight excluding hydrogens is 340 g/mol. The molecule has 0 aliphatic heterocycles. The van der Waals surface area contributed by atoms with Gasteiger partial charge in [0.05, 0.1) is 10.9 Å². The zero-order chi connectivity index (χ0) is 14.7. The number of hydrogen-bond donors (Lipinski definition) is 2. The molecule has 0 bridgehead atoms. The molecule has 20 heavy (non-hydrogen) atoms. The molecule has 1 aromatic carbocycles. The summed E-state index contributed by atoms with van der Waals surface area (Å²) in [5.74, 6) is 0.656. The minimum Gasteiger partial charge on any atom is -0.324 e. The molecule has 5 nitrogen and oxygen atoms in total. The number of nitrogens with zero attached hydrogens (tertiary/aromatic N) is 2. The highest BCUT2D eigenvalue weighted by Crippen LogP contribution is 2.25. The zero-order valence-electron chi connectivity index (χ0n) is 11.4. The van der Waals surface area contributed by atoms with Crippen molar-refractivity contribution in [2.24, 2.45) is 0 Å². The van der Waals surface area contributed by atoms with E-state index in [0.29, 0.717) is 5.16 Å². The molecule has 0 fully saturated rings. The number of carbonyl (C=O) groups excluding carboxylic acids is 1. The van der Waals surface area contributed by atoms with Crippen molar-refractivity contribution in [3.8, 4) is 0 Å². The third-order valence-electron chi connectivity index (χ3n) is 2.61. The van der Waals surface area contributed by atoms with Gasteiger partial charge in [0, 0.05) is 4.47 Å². The predicted octanol–water partition coefficient (Wildman–Crippen LogP) is 3.30. The number of nitrogens with one attached hydrogen (secondary N) is 2. The molecule has 106 valence electrons. The van der Waals surface area contributed by atoms with E-state index in [1.165, 1.54) is 11.8 Å². The lowest BCUT2D eigenvalue weighted by atomic mass is 10.2. The number of anilines is 1. The van der Waals surface area contributed by atoms with E-state index < -0.39 is 0 Å². The van der Waals surface area contributed by atoms with Crippen LogP contribution in [-0.2, 0) is 4.79 Å². The molecule has 2 aromatic rings. The maximum Gasteiger partial charge on any atom is 0.237 e. The van der Waals surface area contributed by atoms with Crippen molar-refractivity contribution in [1.29, 1.82) is 0 Å². The Morgan fingerprint density at radius 2 is 2.20 bits per heavy atom. The number of halogens is 1. The van der Waals surface area contributed by atoms with E-state index >= 15 is 0 Å². The van der Waals surface area contributed by atoms with Gasteiger partial charge < -0.3 is 5.32 Å². The molecule has 0 aliphatic carbocycles. The van der Waals surface area contributed by atoms with Gasteiger partial charge in [0.2, 0.25) is 11.1 Å². The Morgan fingerprint density at radius 1 is 1.45 bits per heavy atom. The Kier molecular flexibility index (Phi) is 4.82. The fourth-order valence-corrected chi connectivity index (χ4v) is 2.90. The average molecular weight is 355 g/mol. The standard InChI is InChI=1S/C13H15BrN4OS/c1-7-4-5-11(10(14)6-7)16-12(19)8(2)20-13-15-9(3)17-18-13/h4-6,8H,1-3H3,(H,16,19)(H,15,17,18). The van der Waals surface area contributed by atoms with Gasteiger partial charge in [0.15, 0.2) is 0 Å². The van der Waals surface area contributed by atoms with Crippen LogP contribution in [0.5, 0.6) is 0 Å². The molecule has 1 amide bonds. The SMILES string of the molecule is Cc1ccc(NC(=O)C(C)Sc2n[nH]c(C)n2)c(Br)c1. The van der Waals surface area contributed by atoms with Gasteiger partial charge in [-0.3, -0.25) is 9.89 Å². The van der Waals surface area contributed by atoms with Gasteiger partial charge in [-0.25, -0.2) is 4.98 Å².